The van der Waals surface area contributed by atoms with Crippen molar-refractivity contribution < 1.29 is 14.3 Å². The molecule has 1 rings (SSSR count). The van der Waals surface area contributed by atoms with Crippen molar-refractivity contribution in [1.29, 1.82) is 0 Å². The first-order chi connectivity index (χ1) is 6.33. The molecule has 4 heteroatoms. The third-order valence-electron chi connectivity index (χ3n) is 1.98. The Balaban J connectivity index is 1.99. The van der Waals surface area contributed by atoms with Crippen LogP contribution in [0.3, 0.4) is 0 Å². The third-order valence-corrected chi connectivity index (χ3v) is 2.96. The summed E-state index contributed by atoms with van der Waals surface area (Å²) in [5.74, 6) is 2.78. The zero-order chi connectivity index (χ0) is 9.52. The van der Waals surface area contributed by atoms with Crippen molar-refractivity contribution in [2.75, 3.05) is 24.7 Å². The van der Waals surface area contributed by atoms with Crippen molar-refractivity contribution in [2.45, 2.75) is 19.8 Å². The minimum Gasteiger partial charge on any atom is -0.434 e. The number of rotatable bonds is 5. The maximum atomic E-state index is 10.5. The van der Waals surface area contributed by atoms with E-state index in [9.17, 15) is 4.79 Å². The van der Waals surface area contributed by atoms with Gasteiger partial charge in [0.25, 0.3) is 0 Å². The lowest BCUT2D eigenvalue weighted by atomic mass is 10.1. The van der Waals surface area contributed by atoms with Crippen LogP contribution in [-0.4, -0.2) is 30.9 Å². The number of thioether (sulfide) groups is 1. The largest absolute Gasteiger partial charge is 0.508 e. The van der Waals surface area contributed by atoms with Gasteiger partial charge >= 0.3 is 6.16 Å². The summed E-state index contributed by atoms with van der Waals surface area (Å²) in [6.07, 6.45) is 1.77. The van der Waals surface area contributed by atoms with E-state index in [4.69, 9.17) is 9.47 Å². The fourth-order valence-corrected chi connectivity index (χ4v) is 1.91. The quantitative estimate of drug-likeness (QED) is 0.508. The van der Waals surface area contributed by atoms with Crippen LogP contribution in [0.25, 0.3) is 0 Å². The molecule has 0 bridgehead atoms. The minimum atomic E-state index is -0.515. The molecule has 1 aliphatic rings. The SMILES string of the molecule is CCSCCCC1COC(=O)OC1. The van der Waals surface area contributed by atoms with Gasteiger partial charge in [0, 0.05) is 5.92 Å². The predicted octanol–water partition coefficient (Wildman–Crippen LogP) is 2.30. The second kappa shape index (κ2) is 6.13. The van der Waals surface area contributed by atoms with Crippen molar-refractivity contribution >= 4 is 17.9 Å². The molecule has 0 saturated carbocycles. The molecule has 13 heavy (non-hydrogen) atoms. The van der Waals surface area contributed by atoms with Gasteiger partial charge in [-0.3, -0.25) is 0 Å². The highest BCUT2D eigenvalue weighted by Gasteiger charge is 2.20. The smallest absolute Gasteiger partial charge is 0.434 e. The van der Waals surface area contributed by atoms with Crippen LogP contribution in [0, 0.1) is 5.92 Å². The summed E-state index contributed by atoms with van der Waals surface area (Å²) >= 11 is 1.95. The predicted molar refractivity (Wildman–Crippen MR) is 53.0 cm³/mol. The molecule has 1 aliphatic heterocycles. The molecule has 0 aromatic carbocycles. The summed E-state index contributed by atoms with van der Waals surface area (Å²) in [7, 11) is 0. The van der Waals surface area contributed by atoms with Crippen molar-refractivity contribution in [3.05, 3.63) is 0 Å². The maximum Gasteiger partial charge on any atom is 0.508 e. The van der Waals surface area contributed by atoms with Gasteiger partial charge in [-0.15, -0.1) is 0 Å². The third kappa shape index (κ3) is 4.41. The van der Waals surface area contributed by atoms with Crippen LogP contribution in [0.2, 0.25) is 0 Å². The molecule has 0 aromatic rings. The van der Waals surface area contributed by atoms with Crippen LogP contribution in [-0.2, 0) is 9.47 Å². The van der Waals surface area contributed by atoms with Gasteiger partial charge in [-0.2, -0.15) is 11.8 Å². The van der Waals surface area contributed by atoms with E-state index in [-0.39, 0.29) is 0 Å². The zero-order valence-corrected chi connectivity index (χ0v) is 8.77. The molecule has 0 amide bonds. The number of hydrogen-bond donors (Lipinski definition) is 0. The van der Waals surface area contributed by atoms with E-state index in [0.717, 1.165) is 6.42 Å². The van der Waals surface area contributed by atoms with Crippen LogP contribution in [0.15, 0.2) is 0 Å². The lowest BCUT2D eigenvalue weighted by Crippen LogP contribution is -2.27. The molecular formula is C9H16O3S. The lowest BCUT2D eigenvalue weighted by molar-refractivity contribution is -0.0140. The Kier molecular flexibility index (Phi) is 5.05. The molecule has 1 saturated heterocycles. The standard InChI is InChI=1S/C9H16O3S/c1-2-13-5-3-4-8-6-11-9(10)12-7-8/h8H,2-7H2,1H3. The Labute approximate surface area is 83.2 Å². The lowest BCUT2D eigenvalue weighted by Gasteiger charge is -2.21. The summed E-state index contributed by atoms with van der Waals surface area (Å²) in [5, 5.41) is 0. The number of carbonyl (C=O) groups excluding carboxylic acids is 1. The van der Waals surface area contributed by atoms with E-state index in [0.29, 0.717) is 19.1 Å². The number of hydrogen-bond acceptors (Lipinski definition) is 4. The second-order valence-corrected chi connectivity index (χ2v) is 4.47. The topological polar surface area (TPSA) is 35.5 Å². The van der Waals surface area contributed by atoms with Crippen LogP contribution in [0.1, 0.15) is 19.8 Å². The number of ether oxygens (including phenoxy) is 2. The summed E-state index contributed by atoms with van der Waals surface area (Å²) in [6.45, 7) is 3.24. The van der Waals surface area contributed by atoms with Crippen molar-refractivity contribution in [2.24, 2.45) is 5.92 Å². The average Bonchev–Trinajstić information content (AvgIpc) is 2.15. The molecule has 0 unspecified atom stereocenters. The molecule has 0 atom stereocenters. The Morgan fingerprint density at radius 1 is 1.46 bits per heavy atom. The fraction of sp³-hybridized carbons (Fsp3) is 0.889. The number of carbonyl (C=O) groups is 1. The highest BCUT2D eigenvalue weighted by atomic mass is 32.2. The van der Waals surface area contributed by atoms with Gasteiger partial charge in [-0.25, -0.2) is 4.79 Å². The minimum absolute atomic E-state index is 0.412. The second-order valence-electron chi connectivity index (χ2n) is 3.08. The first-order valence-corrected chi connectivity index (χ1v) is 5.85. The monoisotopic (exact) mass is 204 g/mol. The Morgan fingerprint density at radius 3 is 2.77 bits per heavy atom. The normalized spacial score (nSPS) is 18.1. The summed E-state index contributed by atoms with van der Waals surface area (Å²) in [6, 6.07) is 0. The Bertz CT molecular complexity index is 151. The molecule has 0 N–H and O–H groups in total. The molecule has 0 radical (unpaired) electrons. The van der Waals surface area contributed by atoms with E-state index in [1.165, 1.54) is 17.9 Å². The van der Waals surface area contributed by atoms with Crippen LogP contribution < -0.4 is 0 Å². The van der Waals surface area contributed by atoms with Crippen molar-refractivity contribution in [3.63, 3.8) is 0 Å². The molecule has 0 aromatic heterocycles. The molecule has 0 spiro atoms. The molecule has 0 aliphatic carbocycles. The van der Waals surface area contributed by atoms with Gasteiger partial charge in [0.05, 0.1) is 0 Å². The van der Waals surface area contributed by atoms with Gasteiger partial charge in [0.15, 0.2) is 0 Å². The molecule has 1 fully saturated rings. The summed E-state index contributed by atoms with van der Waals surface area (Å²) in [4.78, 5) is 10.5. The van der Waals surface area contributed by atoms with Gasteiger partial charge in [-0.1, -0.05) is 6.92 Å². The highest BCUT2D eigenvalue weighted by Crippen LogP contribution is 2.15. The van der Waals surface area contributed by atoms with E-state index in [1.807, 2.05) is 11.8 Å². The van der Waals surface area contributed by atoms with Crippen LogP contribution in [0.4, 0.5) is 4.79 Å². The van der Waals surface area contributed by atoms with Gasteiger partial charge in [0.2, 0.25) is 0 Å². The average molecular weight is 204 g/mol. The number of cyclic esters (lactones) is 2. The highest BCUT2D eigenvalue weighted by molar-refractivity contribution is 7.99. The maximum absolute atomic E-state index is 10.5. The van der Waals surface area contributed by atoms with Gasteiger partial charge < -0.3 is 9.47 Å². The van der Waals surface area contributed by atoms with Gasteiger partial charge in [-0.05, 0) is 24.3 Å². The summed E-state index contributed by atoms with van der Waals surface area (Å²) < 4.78 is 9.56. The molecule has 76 valence electrons. The van der Waals surface area contributed by atoms with Crippen LogP contribution >= 0.6 is 11.8 Å². The Hall–Kier alpha value is -0.380. The Morgan fingerprint density at radius 2 is 2.15 bits per heavy atom. The van der Waals surface area contributed by atoms with Crippen molar-refractivity contribution in [1.82, 2.24) is 0 Å². The first kappa shape index (κ1) is 10.7. The summed E-state index contributed by atoms with van der Waals surface area (Å²) in [5.41, 5.74) is 0. The van der Waals surface area contributed by atoms with E-state index >= 15 is 0 Å². The fourth-order valence-electron chi connectivity index (χ4n) is 1.25. The van der Waals surface area contributed by atoms with E-state index in [2.05, 4.69) is 6.92 Å². The van der Waals surface area contributed by atoms with Crippen LogP contribution in [0.5, 0.6) is 0 Å². The van der Waals surface area contributed by atoms with E-state index in [1.54, 1.807) is 0 Å². The molecule has 1 heterocycles. The first-order valence-electron chi connectivity index (χ1n) is 4.70. The molecule has 3 nitrogen and oxygen atoms in total. The zero-order valence-electron chi connectivity index (χ0n) is 7.95. The van der Waals surface area contributed by atoms with Crippen molar-refractivity contribution in [3.8, 4) is 0 Å². The van der Waals surface area contributed by atoms with Gasteiger partial charge in [0.1, 0.15) is 13.2 Å². The van der Waals surface area contributed by atoms with E-state index < -0.39 is 6.16 Å². The molecular weight excluding hydrogens is 188 g/mol.